The van der Waals surface area contributed by atoms with E-state index in [0.717, 1.165) is 27.5 Å². The van der Waals surface area contributed by atoms with E-state index in [-0.39, 0.29) is 5.91 Å². The van der Waals surface area contributed by atoms with Crippen LogP contribution in [0, 0.1) is 11.3 Å². The van der Waals surface area contributed by atoms with Crippen LogP contribution in [0.25, 0.3) is 10.6 Å². The number of aromatic nitrogens is 1. The molecule has 1 aliphatic rings. The summed E-state index contributed by atoms with van der Waals surface area (Å²) in [6, 6.07) is 8.03. The Morgan fingerprint density at radius 3 is 3.21 bits per heavy atom. The number of nitrogens with zero attached hydrogens (tertiary/aromatic N) is 2. The van der Waals surface area contributed by atoms with Crippen LogP contribution in [-0.4, -0.2) is 10.9 Å². The zero-order valence-electron chi connectivity index (χ0n) is 10.1. The quantitative estimate of drug-likeness (QED) is 0.931. The van der Waals surface area contributed by atoms with E-state index >= 15 is 0 Å². The molecule has 0 aliphatic carbocycles. The largest absolute Gasteiger partial charge is 0.326 e. The number of nitrogens with one attached hydrogen (secondary N) is 1. The van der Waals surface area contributed by atoms with Crippen LogP contribution >= 0.6 is 11.3 Å². The molecule has 0 bridgehead atoms. The van der Waals surface area contributed by atoms with E-state index in [2.05, 4.69) is 16.4 Å². The van der Waals surface area contributed by atoms with Gasteiger partial charge in [-0.25, -0.2) is 4.98 Å². The summed E-state index contributed by atoms with van der Waals surface area (Å²) < 4.78 is 0. The number of aryl methyl sites for hydroxylation is 1. The molecule has 0 radical (unpaired) electrons. The summed E-state index contributed by atoms with van der Waals surface area (Å²) in [5, 5.41) is 14.3. The van der Waals surface area contributed by atoms with E-state index < -0.39 is 0 Å². The van der Waals surface area contributed by atoms with Crippen LogP contribution in [0.4, 0.5) is 5.69 Å². The maximum Gasteiger partial charge on any atom is 0.228 e. The van der Waals surface area contributed by atoms with Gasteiger partial charge >= 0.3 is 0 Å². The average molecular weight is 269 g/mol. The van der Waals surface area contributed by atoms with Gasteiger partial charge in [0.2, 0.25) is 5.91 Å². The second-order valence-corrected chi connectivity index (χ2v) is 5.26. The molecule has 4 nitrogen and oxygen atoms in total. The predicted molar refractivity (Wildman–Crippen MR) is 73.8 cm³/mol. The molecule has 94 valence electrons. The summed E-state index contributed by atoms with van der Waals surface area (Å²) in [4.78, 5) is 15.8. The normalized spacial score (nSPS) is 12.9. The van der Waals surface area contributed by atoms with Gasteiger partial charge in [-0.05, 0) is 23.8 Å². The molecule has 2 aromatic rings. The lowest BCUT2D eigenvalue weighted by molar-refractivity contribution is -0.115. The summed E-state index contributed by atoms with van der Waals surface area (Å²) in [7, 11) is 0. The van der Waals surface area contributed by atoms with Crippen LogP contribution in [-0.2, 0) is 17.6 Å². The van der Waals surface area contributed by atoms with Crippen molar-refractivity contribution in [1.29, 1.82) is 5.26 Å². The van der Waals surface area contributed by atoms with Crippen molar-refractivity contribution in [3.8, 4) is 16.6 Å². The number of benzene rings is 1. The molecule has 0 saturated carbocycles. The van der Waals surface area contributed by atoms with E-state index in [0.29, 0.717) is 19.3 Å². The van der Waals surface area contributed by atoms with Crippen molar-refractivity contribution in [2.75, 3.05) is 5.32 Å². The molecule has 1 aromatic carbocycles. The van der Waals surface area contributed by atoms with E-state index in [4.69, 9.17) is 5.26 Å². The number of nitriles is 1. The number of thiazole rings is 1. The lowest BCUT2D eigenvalue weighted by atomic mass is 10.1. The Bertz CT molecular complexity index is 684. The maximum absolute atomic E-state index is 11.3. The van der Waals surface area contributed by atoms with Gasteiger partial charge in [-0.2, -0.15) is 5.26 Å². The summed E-state index contributed by atoms with van der Waals surface area (Å²) in [5.74, 6) is 0.0426. The van der Waals surface area contributed by atoms with Gasteiger partial charge in [0.05, 0.1) is 18.2 Å². The van der Waals surface area contributed by atoms with Crippen molar-refractivity contribution in [3.63, 3.8) is 0 Å². The molecule has 0 atom stereocenters. The number of carbonyl (C=O) groups is 1. The van der Waals surface area contributed by atoms with Crippen LogP contribution < -0.4 is 5.32 Å². The van der Waals surface area contributed by atoms with Gasteiger partial charge < -0.3 is 5.32 Å². The summed E-state index contributed by atoms with van der Waals surface area (Å²) in [6.45, 7) is 0. The number of hydrogen-bond acceptors (Lipinski definition) is 4. The smallest absolute Gasteiger partial charge is 0.228 e. The fourth-order valence-electron chi connectivity index (χ4n) is 2.10. The molecule has 0 unspecified atom stereocenters. The van der Waals surface area contributed by atoms with Crippen LogP contribution in [0.2, 0.25) is 0 Å². The van der Waals surface area contributed by atoms with Crippen LogP contribution in [0.3, 0.4) is 0 Å². The molecule has 2 heterocycles. The monoisotopic (exact) mass is 269 g/mol. The molecule has 3 rings (SSSR count). The highest BCUT2D eigenvalue weighted by Crippen LogP contribution is 2.30. The minimum atomic E-state index is 0.0426. The standard InChI is InChI=1S/C14H11N3OS/c15-5-1-2-11-8-19-14(16-11)9-3-4-12-10(6-9)7-13(18)17-12/h3-4,6,8H,1-2,7H2,(H,17,18). The number of carbonyl (C=O) groups excluding carboxylic acids is 1. The van der Waals surface area contributed by atoms with Crippen molar-refractivity contribution in [3.05, 3.63) is 34.8 Å². The lowest BCUT2D eigenvalue weighted by Crippen LogP contribution is -2.03. The van der Waals surface area contributed by atoms with Gasteiger partial charge in [0, 0.05) is 29.5 Å². The zero-order valence-corrected chi connectivity index (χ0v) is 11.0. The van der Waals surface area contributed by atoms with Gasteiger partial charge in [0.15, 0.2) is 0 Å². The second kappa shape index (κ2) is 4.82. The third-order valence-electron chi connectivity index (χ3n) is 3.02. The Kier molecular flexibility index (Phi) is 3.02. The fourth-order valence-corrected chi connectivity index (χ4v) is 2.95. The number of rotatable bonds is 3. The molecule has 1 aromatic heterocycles. The van der Waals surface area contributed by atoms with E-state index in [9.17, 15) is 4.79 Å². The Balaban J connectivity index is 1.87. The van der Waals surface area contributed by atoms with Gasteiger partial charge in [-0.1, -0.05) is 0 Å². The molecular formula is C14H11N3OS. The maximum atomic E-state index is 11.3. The Labute approximate surface area is 114 Å². The van der Waals surface area contributed by atoms with Crippen molar-refractivity contribution in [1.82, 2.24) is 4.98 Å². The third kappa shape index (κ3) is 2.35. The summed E-state index contributed by atoms with van der Waals surface area (Å²) in [5.41, 5.74) is 3.91. The molecular weight excluding hydrogens is 258 g/mol. The minimum Gasteiger partial charge on any atom is -0.326 e. The predicted octanol–water partition coefficient (Wildman–Crippen LogP) is 2.76. The van der Waals surface area contributed by atoms with Gasteiger partial charge in [-0.3, -0.25) is 4.79 Å². The first kappa shape index (κ1) is 11.9. The molecule has 0 saturated heterocycles. The minimum absolute atomic E-state index is 0.0426. The number of hydrogen-bond donors (Lipinski definition) is 1. The van der Waals surface area contributed by atoms with Crippen molar-refractivity contribution < 1.29 is 4.79 Å². The van der Waals surface area contributed by atoms with E-state index in [1.165, 1.54) is 0 Å². The summed E-state index contributed by atoms with van der Waals surface area (Å²) >= 11 is 1.57. The molecule has 19 heavy (non-hydrogen) atoms. The van der Waals surface area contributed by atoms with Gasteiger partial charge in [0.25, 0.3) is 0 Å². The van der Waals surface area contributed by atoms with Gasteiger partial charge in [0.1, 0.15) is 5.01 Å². The fraction of sp³-hybridized carbons (Fsp3) is 0.214. The molecule has 5 heteroatoms. The van der Waals surface area contributed by atoms with E-state index in [1.54, 1.807) is 11.3 Å². The summed E-state index contributed by atoms with van der Waals surface area (Å²) in [6.07, 6.45) is 1.62. The number of anilines is 1. The molecule has 1 aliphatic heterocycles. The molecule has 1 N–H and O–H groups in total. The van der Waals surface area contributed by atoms with Gasteiger partial charge in [-0.15, -0.1) is 11.3 Å². The topological polar surface area (TPSA) is 65.8 Å². The first-order valence-corrected chi connectivity index (χ1v) is 6.89. The Hall–Kier alpha value is -2.19. The Morgan fingerprint density at radius 1 is 1.47 bits per heavy atom. The van der Waals surface area contributed by atoms with Crippen LogP contribution in [0.1, 0.15) is 17.7 Å². The number of fused-ring (bicyclic) bond motifs is 1. The van der Waals surface area contributed by atoms with Crippen molar-refractivity contribution in [2.24, 2.45) is 0 Å². The van der Waals surface area contributed by atoms with Crippen LogP contribution in [0.15, 0.2) is 23.6 Å². The SMILES string of the molecule is N#CCCc1csc(-c2ccc3c(c2)CC(=O)N3)n1. The molecule has 0 fully saturated rings. The zero-order chi connectivity index (χ0) is 13.2. The first-order valence-electron chi connectivity index (χ1n) is 6.01. The molecule has 0 spiro atoms. The van der Waals surface area contributed by atoms with Crippen LogP contribution in [0.5, 0.6) is 0 Å². The lowest BCUT2D eigenvalue weighted by Gasteiger charge is -2.01. The number of amides is 1. The second-order valence-electron chi connectivity index (χ2n) is 4.40. The highest BCUT2D eigenvalue weighted by atomic mass is 32.1. The van der Waals surface area contributed by atoms with E-state index in [1.807, 2.05) is 23.6 Å². The van der Waals surface area contributed by atoms with Crippen molar-refractivity contribution >= 4 is 22.9 Å². The highest BCUT2D eigenvalue weighted by molar-refractivity contribution is 7.13. The van der Waals surface area contributed by atoms with Crippen molar-refractivity contribution in [2.45, 2.75) is 19.3 Å². The first-order chi connectivity index (χ1) is 9.26. The third-order valence-corrected chi connectivity index (χ3v) is 3.96. The Morgan fingerprint density at radius 2 is 2.37 bits per heavy atom. The highest BCUT2D eigenvalue weighted by Gasteiger charge is 2.18. The molecule has 1 amide bonds. The average Bonchev–Trinajstić information content (AvgIpc) is 3.00.